The van der Waals surface area contributed by atoms with Crippen LogP contribution in [0.15, 0.2) is 211 Å². The Morgan fingerprint density at radius 3 is 1.84 bits per heavy atom. The third-order valence-electron chi connectivity index (χ3n) is 11.4. The second kappa shape index (κ2) is 12.4. The largest absolute Gasteiger partial charge is 0.456 e. The summed E-state index contributed by atoms with van der Waals surface area (Å²) in [5.74, 6) is 0. The number of hydrogen-bond donors (Lipinski definition) is 0. The lowest BCUT2D eigenvalue weighted by Crippen LogP contribution is -2.28. The van der Waals surface area contributed by atoms with Crippen LogP contribution in [0, 0.1) is 0 Å². The summed E-state index contributed by atoms with van der Waals surface area (Å²) in [7, 11) is 0. The molecule has 0 saturated heterocycles. The number of para-hydroxylation sites is 2. The smallest absolute Gasteiger partial charge is 0.135 e. The zero-order valence-electron chi connectivity index (χ0n) is 29.9. The highest BCUT2D eigenvalue weighted by molar-refractivity contribution is 6.07. The molecule has 11 rings (SSSR count). The van der Waals surface area contributed by atoms with Crippen LogP contribution in [0.5, 0.6) is 0 Å². The number of benzene rings is 8. The van der Waals surface area contributed by atoms with Crippen molar-refractivity contribution in [3.63, 3.8) is 0 Å². The molecule has 0 spiro atoms. The van der Waals surface area contributed by atoms with Crippen LogP contribution in [0.2, 0.25) is 0 Å². The first-order chi connectivity index (χ1) is 27.3. The van der Waals surface area contributed by atoms with Gasteiger partial charge < -0.3 is 9.32 Å². The molecule has 1 aliphatic rings. The Balaban J connectivity index is 1.08. The van der Waals surface area contributed by atoms with Gasteiger partial charge in [0.05, 0.1) is 23.0 Å². The number of furan rings is 1. The first kappa shape index (κ1) is 31.3. The lowest BCUT2D eigenvalue weighted by Gasteiger charge is -2.34. The van der Waals surface area contributed by atoms with E-state index in [2.05, 4.69) is 193 Å². The fraction of sp³-hybridized carbons (Fsp3) is 0.0192. The molecule has 55 heavy (non-hydrogen) atoms. The van der Waals surface area contributed by atoms with Gasteiger partial charge in [0.2, 0.25) is 0 Å². The number of nitrogens with zero attached hydrogens (tertiary/aromatic N) is 2. The number of anilines is 3. The third kappa shape index (κ3) is 4.80. The van der Waals surface area contributed by atoms with Gasteiger partial charge in [-0.2, -0.15) is 0 Å². The minimum absolute atomic E-state index is 0.507. The van der Waals surface area contributed by atoms with Crippen LogP contribution >= 0.6 is 0 Å². The molecule has 3 nitrogen and oxygen atoms in total. The summed E-state index contributed by atoms with van der Waals surface area (Å²) in [5.41, 5.74) is 14.0. The van der Waals surface area contributed by atoms with Crippen molar-refractivity contribution in [2.75, 3.05) is 4.90 Å². The van der Waals surface area contributed by atoms with E-state index in [1.807, 2.05) is 18.3 Å². The van der Waals surface area contributed by atoms with Gasteiger partial charge in [-0.15, -0.1) is 0 Å². The van der Waals surface area contributed by atoms with Crippen LogP contribution in [0.4, 0.5) is 17.1 Å². The van der Waals surface area contributed by atoms with Gasteiger partial charge in [0.25, 0.3) is 0 Å². The molecule has 0 atom stereocenters. The predicted octanol–water partition coefficient (Wildman–Crippen LogP) is 13.6. The van der Waals surface area contributed by atoms with E-state index in [9.17, 15) is 0 Å². The van der Waals surface area contributed by atoms with Gasteiger partial charge in [-0.25, -0.2) is 0 Å². The van der Waals surface area contributed by atoms with Crippen molar-refractivity contribution in [2.24, 2.45) is 0 Å². The highest BCUT2D eigenvalue weighted by atomic mass is 16.3. The molecule has 0 amide bonds. The van der Waals surface area contributed by atoms with Crippen LogP contribution < -0.4 is 4.90 Å². The summed E-state index contributed by atoms with van der Waals surface area (Å²) < 4.78 is 6.18. The third-order valence-corrected chi connectivity index (χ3v) is 11.4. The predicted molar refractivity (Wildman–Crippen MR) is 226 cm³/mol. The Labute approximate surface area is 319 Å². The van der Waals surface area contributed by atoms with Crippen molar-refractivity contribution in [3.8, 4) is 22.4 Å². The second-order valence-electron chi connectivity index (χ2n) is 14.3. The quantitative estimate of drug-likeness (QED) is 0.173. The average molecular weight is 703 g/mol. The molecular weight excluding hydrogens is 669 g/mol. The Kier molecular flexibility index (Phi) is 7.08. The zero-order chi connectivity index (χ0) is 36.3. The maximum atomic E-state index is 6.18. The first-order valence-electron chi connectivity index (χ1n) is 18.8. The maximum Gasteiger partial charge on any atom is 0.135 e. The van der Waals surface area contributed by atoms with Crippen molar-refractivity contribution in [1.82, 2.24) is 4.98 Å². The lowest BCUT2D eigenvalue weighted by molar-refractivity contribution is 0.669. The van der Waals surface area contributed by atoms with E-state index in [0.717, 1.165) is 50.3 Å². The minimum Gasteiger partial charge on any atom is -0.456 e. The van der Waals surface area contributed by atoms with Crippen molar-refractivity contribution in [2.45, 2.75) is 5.41 Å². The van der Waals surface area contributed by atoms with Crippen LogP contribution in [-0.4, -0.2) is 4.98 Å². The molecule has 2 heterocycles. The molecule has 258 valence electrons. The van der Waals surface area contributed by atoms with Crippen molar-refractivity contribution >= 4 is 49.8 Å². The molecule has 3 heteroatoms. The van der Waals surface area contributed by atoms with Crippen LogP contribution in [0.1, 0.15) is 22.3 Å². The summed E-state index contributed by atoms with van der Waals surface area (Å²) >= 11 is 0. The molecule has 0 N–H and O–H groups in total. The number of rotatable bonds is 6. The SMILES string of the molecule is c1ccc(N(c2ccc(-c3ccc4c(c3)C(c3ccccc3)(c3ccccc3)c3ccc5ccccc5c3-4)nc2)c2ccc3oc4ccccc4c3c2)cc1. The summed E-state index contributed by atoms with van der Waals surface area (Å²) in [6, 6.07) is 71.8. The molecular formula is C52H34N2O. The Hall–Kier alpha value is -7.23. The molecule has 0 fully saturated rings. The molecule has 0 bridgehead atoms. The standard InChI is InChI=1S/C52H34N2O/c1-4-15-37(16-5-1)52(38-17-6-2-7-18-38)46-29-25-35-14-10-11-21-42(35)51(46)44-28-24-36(32-47(44)52)48-30-26-41(34-53-48)54(39-19-8-3-9-20-39)40-27-31-50-45(33-40)43-22-12-13-23-49(43)55-50/h1-34H. The van der Waals surface area contributed by atoms with Gasteiger partial charge in [0.15, 0.2) is 0 Å². The molecule has 8 aromatic carbocycles. The van der Waals surface area contributed by atoms with Gasteiger partial charge in [0.1, 0.15) is 11.2 Å². The Morgan fingerprint density at radius 1 is 0.436 bits per heavy atom. The monoisotopic (exact) mass is 702 g/mol. The van der Waals surface area contributed by atoms with Crippen molar-refractivity contribution in [3.05, 3.63) is 229 Å². The summed E-state index contributed by atoms with van der Waals surface area (Å²) in [6.07, 6.45) is 2.00. The number of aromatic nitrogens is 1. The molecule has 0 aliphatic heterocycles. The molecule has 2 aromatic heterocycles. The van der Waals surface area contributed by atoms with E-state index in [1.54, 1.807) is 0 Å². The number of fused-ring (bicyclic) bond motifs is 8. The molecule has 0 radical (unpaired) electrons. The highest BCUT2D eigenvalue weighted by Gasteiger charge is 2.46. The zero-order valence-corrected chi connectivity index (χ0v) is 29.9. The Bertz CT molecular complexity index is 2980. The topological polar surface area (TPSA) is 29.3 Å². The summed E-state index contributed by atoms with van der Waals surface area (Å²) in [4.78, 5) is 7.44. The maximum absolute atomic E-state index is 6.18. The van der Waals surface area contributed by atoms with Crippen molar-refractivity contribution in [1.29, 1.82) is 0 Å². The summed E-state index contributed by atoms with van der Waals surface area (Å²) in [6.45, 7) is 0. The number of pyridine rings is 1. The summed E-state index contributed by atoms with van der Waals surface area (Å²) in [5, 5.41) is 4.71. The van der Waals surface area contributed by atoms with Crippen LogP contribution in [-0.2, 0) is 5.41 Å². The van der Waals surface area contributed by atoms with Gasteiger partial charge in [-0.1, -0.05) is 146 Å². The first-order valence-corrected chi connectivity index (χ1v) is 18.8. The van der Waals surface area contributed by atoms with Gasteiger partial charge in [0, 0.05) is 27.7 Å². The number of hydrogen-bond acceptors (Lipinski definition) is 3. The molecule has 0 unspecified atom stereocenters. The second-order valence-corrected chi connectivity index (χ2v) is 14.3. The lowest BCUT2D eigenvalue weighted by atomic mass is 9.67. The van der Waals surface area contributed by atoms with E-state index in [1.165, 1.54) is 44.2 Å². The van der Waals surface area contributed by atoms with Crippen LogP contribution in [0.25, 0.3) is 55.1 Å². The fourth-order valence-corrected chi connectivity index (χ4v) is 8.98. The normalized spacial score (nSPS) is 12.9. The van der Waals surface area contributed by atoms with Gasteiger partial charge in [-0.3, -0.25) is 4.98 Å². The van der Waals surface area contributed by atoms with E-state index in [0.29, 0.717) is 0 Å². The Morgan fingerprint density at radius 2 is 1.09 bits per heavy atom. The molecule has 0 saturated carbocycles. The van der Waals surface area contributed by atoms with E-state index < -0.39 is 5.41 Å². The van der Waals surface area contributed by atoms with E-state index in [-0.39, 0.29) is 0 Å². The molecule has 10 aromatic rings. The average Bonchev–Trinajstić information content (AvgIpc) is 3.78. The van der Waals surface area contributed by atoms with Gasteiger partial charge >= 0.3 is 0 Å². The molecule has 1 aliphatic carbocycles. The van der Waals surface area contributed by atoms with Crippen molar-refractivity contribution < 1.29 is 4.42 Å². The minimum atomic E-state index is -0.507. The van der Waals surface area contributed by atoms with E-state index >= 15 is 0 Å². The highest BCUT2D eigenvalue weighted by Crippen LogP contribution is 2.58. The van der Waals surface area contributed by atoms with Crippen LogP contribution in [0.3, 0.4) is 0 Å². The van der Waals surface area contributed by atoms with Gasteiger partial charge in [-0.05, 0) is 98.8 Å². The fourth-order valence-electron chi connectivity index (χ4n) is 8.98. The van der Waals surface area contributed by atoms with E-state index in [4.69, 9.17) is 9.40 Å².